The highest BCUT2D eigenvalue weighted by Crippen LogP contribution is 2.21. The number of benzene rings is 1. The molecule has 1 aromatic rings. The molecule has 2 N–H and O–H groups in total. The summed E-state index contributed by atoms with van der Waals surface area (Å²) in [5.74, 6) is 0.0334. The number of rotatable bonds is 1. The molecule has 2 rings (SSSR count). The Kier molecular flexibility index (Phi) is 4.48. The lowest BCUT2D eigenvalue weighted by Crippen LogP contribution is -2.34. The Balaban J connectivity index is 2.13. The quantitative estimate of drug-likeness (QED) is 0.793. The van der Waals surface area contributed by atoms with E-state index in [1.807, 2.05) is 4.90 Å². The first-order valence-electron chi connectivity index (χ1n) is 6.53. The first-order chi connectivity index (χ1) is 8.68. The van der Waals surface area contributed by atoms with Crippen molar-refractivity contribution in [3.63, 3.8) is 0 Å². The van der Waals surface area contributed by atoms with E-state index in [1.54, 1.807) is 18.2 Å². The van der Waals surface area contributed by atoms with Crippen LogP contribution < -0.4 is 5.73 Å². The summed E-state index contributed by atoms with van der Waals surface area (Å²) >= 11 is 5.85. The predicted molar refractivity (Wildman–Crippen MR) is 74.9 cm³/mol. The van der Waals surface area contributed by atoms with Gasteiger partial charge in [-0.2, -0.15) is 0 Å². The lowest BCUT2D eigenvalue weighted by molar-refractivity contribution is 0.0743. The number of hydrogen-bond donors (Lipinski definition) is 1. The van der Waals surface area contributed by atoms with Crippen LogP contribution in [0.3, 0.4) is 0 Å². The summed E-state index contributed by atoms with van der Waals surface area (Å²) in [4.78, 5) is 14.3. The highest BCUT2D eigenvalue weighted by molar-refractivity contribution is 6.31. The third-order valence-corrected chi connectivity index (χ3v) is 3.62. The van der Waals surface area contributed by atoms with Crippen molar-refractivity contribution in [2.24, 2.45) is 0 Å². The fourth-order valence-electron chi connectivity index (χ4n) is 2.35. The Hall–Kier alpha value is -1.22. The number of carbonyl (C=O) groups excluding carboxylic acids is 1. The molecule has 1 saturated heterocycles. The minimum Gasteiger partial charge on any atom is -0.398 e. The second-order valence-electron chi connectivity index (χ2n) is 4.79. The van der Waals surface area contributed by atoms with Gasteiger partial charge in [0.15, 0.2) is 0 Å². The van der Waals surface area contributed by atoms with E-state index in [0.29, 0.717) is 16.3 Å². The molecule has 0 spiro atoms. The largest absolute Gasteiger partial charge is 0.398 e. The molecule has 18 heavy (non-hydrogen) atoms. The number of nitrogens with two attached hydrogens (primary N) is 1. The zero-order chi connectivity index (χ0) is 13.0. The zero-order valence-electron chi connectivity index (χ0n) is 10.5. The molecule has 4 heteroatoms. The van der Waals surface area contributed by atoms with Crippen molar-refractivity contribution in [3.8, 4) is 0 Å². The molecule has 1 heterocycles. The third-order valence-electron chi connectivity index (χ3n) is 3.39. The van der Waals surface area contributed by atoms with Crippen LogP contribution in [0.25, 0.3) is 0 Å². The van der Waals surface area contributed by atoms with Crippen LogP contribution in [0.2, 0.25) is 5.02 Å². The van der Waals surface area contributed by atoms with Crippen molar-refractivity contribution in [2.45, 2.75) is 32.1 Å². The third kappa shape index (κ3) is 3.16. The van der Waals surface area contributed by atoms with Crippen LogP contribution in [0.15, 0.2) is 18.2 Å². The zero-order valence-corrected chi connectivity index (χ0v) is 11.2. The second-order valence-corrected chi connectivity index (χ2v) is 5.23. The van der Waals surface area contributed by atoms with Crippen molar-refractivity contribution in [3.05, 3.63) is 28.8 Å². The van der Waals surface area contributed by atoms with Crippen LogP contribution in [-0.4, -0.2) is 23.9 Å². The Bertz CT molecular complexity index is 426. The summed E-state index contributed by atoms with van der Waals surface area (Å²) in [5.41, 5.74) is 6.90. The Morgan fingerprint density at radius 3 is 2.33 bits per heavy atom. The first kappa shape index (κ1) is 13.2. The van der Waals surface area contributed by atoms with Crippen molar-refractivity contribution in [2.75, 3.05) is 18.8 Å². The molecule has 1 aromatic carbocycles. The average molecular weight is 267 g/mol. The molecule has 0 bridgehead atoms. The van der Waals surface area contributed by atoms with Crippen LogP contribution in [0.4, 0.5) is 5.69 Å². The maximum atomic E-state index is 12.4. The number of carbonyl (C=O) groups is 1. The molecule has 1 aliphatic rings. The average Bonchev–Trinajstić information content (AvgIpc) is 2.27. The van der Waals surface area contributed by atoms with Crippen LogP contribution in [0, 0.1) is 0 Å². The van der Waals surface area contributed by atoms with Gasteiger partial charge >= 0.3 is 0 Å². The van der Waals surface area contributed by atoms with E-state index in [1.165, 1.54) is 19.3 Å². The molecule has 3 nitrogen and oxygen atoms in total. The monoisotopic (exact) mass is 266 g/mol. The van der Waals surface area contributed by atoms with Crippen molar-refractivity contribution in [1.82, 2.24) is 4.90 Å². The second kappa shape index (κ2) is 6.10. The van der Waals surface area contributed by atoms with Gasteiger partial charge in [0.2, 0.25) is 0 Å². The summed E-state index contributed by atoms with van der Waals surface area (Å²) in [7, 11) is 0. The summed E-state index contributed by atoms with van der Waals surface area (Å²) < 4.78 is 0. The van der Waals surface area contributed by atoms with Gasteiger partial charge in [-0.15, -0.1) is 0 Å². The molecular formula is C14H19ClN2O. The summed E-state index contributed by atoms with van der Waals surface area (Å²) in [5, 5.41) is 0.566. The number of amides is 1. The molecule has 0 atom stereocenters. The lowest BCUT2D eigenvalue weighted by Gasteiger charge is -2.25. The van der Waals surface area contributed by atoms with Gasteiger partial charge in [0.05, 0.1) is 5.56 Å². The van der Waals surface area contributed by atoms with E-state index in [2.05, 4.69) is 0 Å². The van der Waals surface area contributed by atoms with Crippen LogP contribution >= 0.6 is 11.6 Å². The van der Waals surface area contributed by atoms with Crippen molar-refractivity contribution >= 4 is 23.2 Å². The van der Waals surface area contributed by atoms with Crippen molar-refractivity contribution < 1.29 is 4.79 Å². The van der Waals surface area contributed by atoms with E-state index < -0.39 is 0 Å². The molecule has 0 aromatic heterocycles. The Morgan fingerprint density at radius 1 is 1.11 bits per heavy atom. The number of nitrogens with zero attached hydrogens (tertiary/aromatic N) is 1. The molecule has 0 radical (unpaired) electrons. The topological polar surface area (TPSA) is 46.3 Å². The number of anilines is 1. The molecule has 0 saturated carbocycles. The molecule has 0 unspecified atom stereocenters. The molecule has 0 aliphatic carbocycles. The van der Waals surface area contributed by atoms with Gasteiger partial charge in [0.25, 0.3) is 5.91 Å². The van der Waals surface area contributed by atoms with Crippen molar-refractivity contribution in [1.29, 1.82) is 0 Å². The SMILES string of the molecule is Nc1cc(Cl)ccc1C(=O)N1CCCCCCC1. The van der Waals surface area contributed by atoms with E-state index >= 15 is 0 Å². The van der Waals surface area contributed by atoms with Gasteiger partial charge in [-0.05, 0) is 31.0 Å². The summed E-state index contributed by atoms with van der Waals surface area (Å²) in [6.07, 6.45) is 5.86. The van der Waals surface area contributed by atoms with E-state index in [-0.39, 0.29) is 5.91 Å². The Morgan fingerprint density at radius 2 is 1.72 bits per heavy atom. The Labute approximate surface area is 113 Å². The van der Waals surface area contributed by atoms with Gasteiger partial charge in [-0.3, -0.25) is 4.79 Å². The fraction of sp³-hybridized carbons (Fsp3) is 0.500. The van der Waals surface area contributed by atoms with Gasteiger partial charge in [0.1, 0.15) is 0 Å². The smallest absolute Gasteiger partial charge is 0.255 e. The summed E-state index contributed by atoms with van der Waals surface area (Å²) in [6.45, 7) is 1.67. The van der Waals surface area contributed by atoms with Gasteiger partial charge in [-0.25, -0.2) is 0 Å². The minimum absolute atomic E-state index is 0.0334. The van der Waals surface area contributed by atoms with E-state index in [4.69, 9.17) is 17.3 Å². The maximum absolute atomic E-state index is 12.4. The molecular weight excluding hydrogens is 248 g/mol. The van der Waals surface area contributed by atoms with E-state index in [0.717, 1.165) is 25.9 Å². The fourth-order valence-corrected chi connectivity index (χ4v) is 2.53. The van der Waals surface area contributed by atoms with E-state index in [9.17, 15) is 4.79 Å². The lowest BCUT2D eigenvalue weighted by atomic mass is 10.1. The molecule has 1 fully saturated rings. The van der Waals surface area contributed by atoms with Gasteiger partial charge in [0, 0.05) is 23.8 Å². The highest BCUT2D eigenvalue weighted by atomic mass is 35.5. The van der Waals surface area contributed by atoms with Crippen LogP contribution in [0.1, 0.15) is 42.5 Å². The highest BCUT2D eigenvalue weighted by Gasteiger charge is 2.18. The summed E-state index contributed by atoms with van der Waals surface area (Å²) in [6, 6.07) is 5.08. The predicted octanol–water partition coefficient (Wildman–Crippen LogP) is 3.33. The van der Waals surface area contributed by atoms with Crippen LogP contribution in [-0.2, 0) is 0 Å². The number of halogens is 1. The molecule has 98 valence electrons. The number of likely N-dealkylation sites (tertiary alicyclic amines) is 1. The number of nitrogen functional groups attached to an aromatic ring is 1. The standard InChI is InChI=1S/C14H19ClN2O/c15-11-6-7-12(13(16)10-11)14(18)17-8-4-2-1-3-5-9-17/h6-7,10H,1-5,8-9,16H2. The van der Waals surface area contributed by atoms with Gasteiger partial charge in [-0.1, -0.05) is 30.9 Å². The maximum Gasteiger partial charge on any atom is 0.255 e. The minimum atomic E-state index is 0.0334. The first-order valence-corrected chi connectivity index (χ1v) is 6.90. The van der Waals surface area contributed by atoms with Gasteiger partial charge < -0.3 is 10.6 Å². The van der Waals surface area contributed by atoms with Crippen LogP contribution in [0.5, 0.6) is 0 Å². The normalized spacial score (nSPS) is 17.1. The molecule has 1 amide bonds. The number of hydrogen-bond acceptors (Lipinski definition) is 2. The molecule has 1 aliphatic heterocycles.